The number of hydrogen-bond donors (Lipinski definition) is 3. The average Bonchev–Trinajstić information content (AvgIpc) is 3.22. The van der Waals surface area contributed by atoms with Crippen molar-refractivity contribution in [3.8, 4) is 5.75 Å². The van der Waals surface area contributed by atoms with E-state index >= 15 is 0 Å². The minimum atomic E-state index is -0.462. The van der Waals surface area contributed by atoms with E-state index in [0.717, 1.165) is 42.8 Å². The summed E-state index contributed by atoms with van der Waals surface area (Å²) in [6.45, 7) is 2.26. The predicted octanol–water partition coefficient (Wildman–Crippen LogP) is 3.38. The molecule has 0 spiro atoms. The van der Waals surface area contributed by atoms with Gasteiger partial charge in [0.1, 0.15) is 5.75 Å². The van der Waals surface area contributed by atoms with Gasteiger partial charge < -0.3 is 15.0 Å². The number of imide groups is 1. The Hall–Kier alpha value is -3.32. The number of benzene rings is 2. The highest BCUT2D eigenvalue weighted by molar-refractivity contribution is 5.95. The van der Waals surface area contributed by atoms with Gasteiger partial charge in [-0.25, -0.2) is 4.79 Å². The Balaban J connectivity index is 1.24. The van der Waals surface area contributed by atoms with Gasteiger partial charge in [-0.15, -0.1) is 0 Å². The number of fused-ring (bicyclic) bond motifs is 1. The molecule has 2 heterocycles. The maximum absolute atomic E-state index is 12.3. The number of rotatable bonds is 6. The van der Waals surface area contributed by atoms with E-state index in [1.165, 1.54) is 10.9 Å². The number of amides is 3. The number of methoxy groups -OCH3 is 1. The number of piperidine rings is 1. The summed E-state index contributed by atoms with van der Waals surface area (Å²) in [6.07, 6.45) is 4.03. The molecule has 7 nitrogen and oxygen atoms in total. The highest BCUT2D eigenvalue weighted by atomic mass is 16.5. The fourth-order valence-corrected chi connectivity index (χ4v) is 4.18. The lowest BCUT2D eigenvalue weighted by atomic mass is 9.89. The minimum Gasteiger partial charge on any atom is -0.497 e. The Bertz CT molecular complexity index is 1040. The average molecular weight is 421 g/mol. The molecular weight excluding hydrogens is 392 g/mol. The van der Waals surface area contributed by atoms with Crippen molar-refractivity contribution in [3.63, 3.8) is 0 Å². The molecule has 3 amide bonds. The van der Waals surface area contributed by atoms with E-state index in [1.807, 2.05) is 42.5 Å². The van der Waals surface area contributed by atoms with Crippen molar-refractivity contribution in [1.82, 2.24) is 20.5 Å². The molecule has 31 heavy (non-hydrogen) atoms. The molecule has 7 heteroatoms. The number of H-pyrrole nitrogens is 1. The van der Waals surface area contributed by atoms with Crippen molar-refractivity contribution in [1.29, 1.82) is 0 Å². The van der Waals surface area contributed by atoms with Crippen LogP contribution in [0, 0.1) is 0 Å². The van der Waals surface area contributed by atoms with Crippen LogP contribution in [0.2, 0.25) is 0 Å². The Morgan fingerprint density at radius 2 is 1.90 bits per heavy atom. The van der Waals surface area contributed by atoms with Gasteiger partial charge in [0, 0.05) is 23.6 Å². The van der Waals surface area contributed by atoms with Crippen LogP contribution in [0.5, 0.6) is 5.75 Å². The van der Waals surface area contributed by atoms with Crippen LogP contribution in [-0.4, -0.2) is 48.6 Å². The molecule has 3 aromatic rings. The number of aromatic nitrogens is 1. The second-order valence-electron chi connectivity index (χ2n) is 7.92. The fourth-order valence-electron chi connectivity index (χ4n) is 4.18. The summed E-state index contributed by atoms with van der Waals surface area (Å²) in [5, 5.41) is 6.34. The highest BCUT2D eigenvalue weighted by Crippen LogP contribution is 2.34. The zero-order valence-electron chi connectivity index (χ0n) is 17.7. The number of urea groups is 1. The van der Waals surface area contributed by atoms with Gasteiger partial charge in [0.15, 0.2) is 0 Å². The predicted molar refractivity (Wildman–Crippen MR) is 120 cm³/mol. The van der Waals surface area contributed by atoms with E-state index in [1.54, 1.807) is 7.11 Å². The largest absolute Gasteiger partial charge is 0.497 e. The summed E-state index contributed by atoms with van der Waals surface area (Å²) >= 11 is 0. The zero-order valence-corrected chi connectivity index (χ0v) is 17.7. The second-order valence-corrected chi connectivity index (χ2v) is 7.92. The maximum atomic E-state index is 12.3. The topological polar surface area (TPSA) is 86.5 Å². The number of hydrogen-bond acceptors (Lipinski definition) is 4. The molecule has 1 aliphatic heterocycles. The van der Waals surface area contributed by atoms with E-state index in [4.69, 9.17) is 4.74 Å². The Morgan fingerprint density at radius 1 is 1.13 bits per heavy atom. The van der Waals surface area contributed by atoms with Gasteiger partial charge >= 0.3 is 6.03 Å². The Kier molecular flexibility index (Phi) is 6.52. The van der Waals surface area contributed by atoms with Gasteiger partial charge in [0.25, 0.3) is 0 Å². The van der Waals surface area contributed by atoms with Crippen LogP contribution < -0.4 is 15.4 Å². The van der Waals surface area contributed by atoms with Crippen LogP contribution in [0.3, 0.4) is 0 Å². The maximum Gasteiger partial charge on any atom is 0.321 e. The smallest absolute Gasteiger partial charge is 0.321 e. The molecule has 4 rings (SSSR count). The summed E-state index contributed by atoms with van der Waals surface area (Å²) in [5.74, 6) is 1.02. The molecule has 1 aromatic heterocycles. The van der Waals surface area contributed by atoms with E-state index in [0.29, 0.717) is 12.5 Å². The standard InChI is InChI=1S/C24H28N4O3/c1-31-19-7-8-22-20(13-19)21(15-25-22)18-9-11-28(12-10-18)16-23(29)27-24(30)26-14-17-5-3-2-4-6-17/h2-8,13,15,18,25H,9-12,14,16H2,1H3,(H2,26,27,29,30). The number of nitrogens with one attached hydrogen (secondary N) is 3. The first kappa shape index (κ1) is 20.9. The minimum absolute atomic E-state index is 0.229. The summed E-state index contributed by atoms with van der Waals surface area (Å²) < 4.78 is 5.37. The number of carbonyl (C=O) groups excluding carboxylic acids is 2. The van der Waals surface area contributed by atoms with Gasteiger partial charge in [-0.3, -0.25) is 15.0 Å². The molecule has 0 bridgehead atoms. The van der Waals surface area contributed by atoms with Crippen molar-refractivity contribution >= 4 is 22.8 Å². The zero-order chi connectivity index (χ0) is 21.6. The van der Waals surface area contributed by atoms with Crippen molar-refractivity contribution in [2.24, 2.45) is 0 Å². The van der Waals surface area contributed by atoms with Crippen molar-refractivity contribution < 1.29 is 14.3 Å². The molecule has 1 fully saturated rings. The summed E-state index contributed by atoms with van der Waals surface area (Å²) in [6, 6.07) is 15.2. The number of ether oxygens (including phenoxy) is 1. The van der Waals surface area contributed by atoms with Gasteiger partial charge in [-0.05, 0) is 61.2 Å². The monoisotopic (exact) mass is 420 g/mol. The number of carbonyl (C=O) groups is 2. The van der Waals surface area contributed by atoms with Gasteiger partial charge in [0.05, 0.1) is 13.7 Å². The third kappa shape index (κ3) is 5.24. The third-order valence-corrected chi connectivity index (χ3v) is 5.86. The molecule has 2 aromatic carbocycles. The van der Waals surface area contributed by atoms with Crippen LogP contribution in [0.25, 0.3) is 10.9 Å². The SMILES string of the molecule is COc1ccc2[nH]cc(C3CCN(CC(=O)NC(=O)NCc4ccccc4)CC3)c2c1. The molecule has 0 radical (unpaired) electrons. The number of likely N-dealkylation sites (tertiary alicyclic amines) is 1. The molecule has 3 N–H and O–H groups in total. The highest BCUT2D eigenvalue weighted by Gasteiger charge is 2.24. The molecule has 1 aliphatic rings. The molecule has 0 atom stereocenters. The number of aromatic amines is 1. The van der Waals surface area contributed by atoms with E-state index in [-0.39, 0.29) is 12.5 Å². The molecule has 162 valence electrons. The quantitative estimate of drug-likeness (QED) is 0.571. The molecule has 1 saturated heterocycles. The van der Waals surface area contributed by atoms with Crippen molar-refractivity contribution in [2.75, 3.05) is 26.7 Å². The van der Waals surface area contributed by atoms with Crippen molar-refractivity contribution in [3.05, 3.63) is 65.9 Å². The van der Waals surface area contributed by atoms with Crippen LogP contribution >= 0.6 is 0 Å². The van der Waals surface area contributed by atoms with E-state index in [9.17, 15) is 9.59 Å². The second kappa shape index (κ2) is 9.66. The Labute approximate surface area is 181 Å². The molecule has 0 aliphatic carbocycles. The van der Waals surface area contributed by atoms with Crippen LogP contribution in [-0.2, 0) is 11.3 Å². The molecular formula is C24H28N4O3. The van der Waals surface area contributed by atoms with Crippen LogP contribution in [0.1, 0.15) is 29.9 Å². The van der Waals surface area contributed by atoms with Crippen LogP contribution in [0.15, 0.2) is 54.7 Å². The number of nitrogens with zero attached hydrogens (tertiary/aromatic N) is 1. The van der Waals surface area contributed by atoms with Gasteiger partial charge in [0.2, 0.25) is 5.91 Å². The fraction of sp³-hybridized carbons (Fsp3) is 0.333. The van der Waals surface area contributed by atoms with Crippen molar-refractivity contribution in [2.45, 2.75) is 25.3 Å². The lowest BCUT2D eigenvalue weighted by molar-refractivity contribution is -0.121. The summed E-state index contributed by atoms with van der Waals surface area (Å²) in [5.41, 5.74) is 3.40. The first-order chi connectivity index (χ1) is 15.1. The van der Waals surface area contributed by atoms with Crippen LogP contribution in [0.4, 0.5) is 4.79 Å². The van der Waals surface area contributed by atoms with Gasteiger partial charge in [-0.2, -0.15) is 0 Å². The summed E-state index contributed by atoms with van der Waals surface area (Å²) in [4.78, 5) is 29.7. The third-order valence-electron chi connectivity index (χ3n) is 5.86. The van der Waals surface area contributed by atoms with E-state index in [2.05, 4.69) is 32.8 Å². The first-order valence-corrected chi connectivity index (χ1v) is 10.6. The first-order valence-electron chi connectivity index (χ1n) is 10.6. The lowest BCUT2D eigenvalue weighted by Crippen LogP contribution is -2.46. The molecule has 0 unspecified atom stereocenters. The Morgan fingerprint density at radius 3 is 2.65 bits per heavy atom. The normalized spacial score (nSPS) is 15.0. The van der Waals surface area contributed by atoms with E-state index < -0.39 is 6.03 Å². The lowest BCUT2D eigenvalue weighted by Gasteiger charge is -2.31. The van der Waals surface area contributed by atoms with Gasteiger partial charge in [-0.1, -0.05) is 30.3 Å². The summed E-state index contributed by atoms with van der Waals surface area (Å²) in [7, 11) is 1.68. The molecule has 0 saturated carbocycles.